The van der Waals surface area contributed by atoms with E-state index in [1.807, 2.05) is 12.2 Å². The molecule has 2 N–H and O–H groups in total. The summed E-state index contributed by atoms with van der Waals surface area (Å²) >= 11 is 0. The Morgan fingerprint density at radius 3 is 1.95 bits per heavy atom. The molecule has 0 saturated carbocycles. The maximum Gasteiger partial charge on any atom is 0.186 e. The molecule has 0 saturated heterocycles. The molecule has 0 aliphatic heterocycles. The van der Waals surface area contributed by atoms with Crippen LogP contribution in [-0.4, -0.2) is 16.0 Å². The molecule has 0 radical (unpaired) electrons. The van der Waals surface area contributed by atoms with E-state index in [9.17, 15) is 10.2 Å². The van der Waals surface area contributed by atoms with Crippen LogP contribution >= 0.6 is 0 Å². The highest BCUT2D eigenvalue weighted by molar-refractivity contribution is 5.25. The zero-order valence-electron chi connectivity index (χ0n) is 13.1. The van der Waals surface area contributed by atoms with Crippen molar-refractivity contribution >= 4 is 0 Å². The summed E-state index contributed by atoms with van der Waals surface area (Å²) in [5.74, 6) is -1.61. The first-order chi connectivity index (χ1) is 9.64. The van der Waals surface area contributed by atoms with Crippen LogP contribution in [0.5, 0.6) is 0 Å². The van der Waals surface area contributed by atoms with Gasteiger partial charge in [0, 0.05) is 6.42 Å². The molecule has 0 unspecified atom stereocenters. The fraction of sp³-hybridized carbons (Fsp3) is 0.778. The molecule has 20 heavy (non-hydrogen) atoms. The minimum Gasteiger partial charge on any atom is -0.362 e. The zero-order chi connectivity index (χ0) is 14.7. The summed E-state index contributed by atoms with van der Waals surface area (Å²) in [6.07, 6.45) is 20.3. The summed E-state index contributed by atoms with van der Waals surface area (Å²) < 4.78 is 0. The summed E-state index contributed by atoms with van der Waals surface area (Å²) in [6, 6.07) is 0. The molecule has 0 fully saturated rings. The van der Waals surface area contributed by atoms with Crippen LogP contribution in [-0.2, 0) is 0 Å². The van der Waals surface area contributed by atoms with E-state index < -0.39 is 5.79 Å². The quantitative estimate of drug-likeness (QED) is 0.419. The van der Waals surface area contributed by atoms with E-state index in [-0.39, 0.29) is 0 Å². The lowest BCUT2D eigenvalue weighted by atomic mass is 9.97. The van der Waals surface area contributed by atoms with Crippen LogP contribution in [0.4, 0.5) is 0 Å². The van der Waals surface area contributed by atoms with Crippen LogP contribution in [0, 0.1) is 0 Å². The number of hydrogen-bond acceptors (Lipinski definition) is 2. The number of aliphatic hydroxyl groups is 2. The lowest BCUT2D eigenvalue weighted by Gasteiger charge is -2.19. The van der Waals surface area contributed by atoms with Crippen LogP contribution in [0.3, 0.4) is 0 Å². The topological polar surface area (TPSA) is 40.5 Å². The van der Waals surface area contributed by atoms with E-state index in [4.69, 9.17) is 0 Å². The van der Waals surface area contributed by atoms with Gasteiger partial charge in [-0.25, -0.2) is 0 Å². The highest BCUT2D eigenvalue weighted by atomic mass is 16.5. The summed E-state index contributed by atoms with van der Waals surface area (Å²) in [6.45, 7) is 2.26. The first-order valence-electron chi connectivity index (χ1n) is 8.47. The highest BCUT2D eigenvalue weighted by Crippen LogP contribution is 2.22. The molecule has 0 bridgehead atoms. The van der Waals surface area contributed by atoms with Crippen molar-refractivity contribution in [2.75, 3.05) is 0 Å². The standard InChI is InChI=1S/C18H32O2/c1-2-3-4-5-6-7-8-9-10-11-12-17-13-15-18(19,20)16-14-17/h13-15,19-20H,2-12,16H2,1H3. The largest absolute Gasteiger partial charge is 0.362 e. The number of hydrogen-bond donors (Lipinski definition) is 2. The molecule has 1 aliphatic carbocycles. The average Bonchev–Trinajstić information content (AvgIpc) is 2.42. The smallest absolute Gasteiger partial charge is 0.186 e. The molecule has 0 aromatic rings. The predicted molar refractivity (Wildman–Crippen MR) is 85.5 cm³/mol. The van der Waals surface area contributed by atoms with Crippen LogP contribution in [0.25, 0.3) is 0 Å². The third-order valence-electron chi connectivity index (χ3n) is 4.05. The minimum atomic E-state index is -1.61. The SMILES string of the molecule is CCCCCCCCCCCCC1=CCC(O)(O)C=C1. The second kappa shape index (κ2) is 10.2. The number of unbranched alkanes of at least 4 members (excludes halogenated alkanes) is 9. The van der Waals surface area contributed by atoms with Gasteiger partial charge >= 0.3 is 0 Å². The summed E-state index contributed by atoms with van der Waals surface area (Å²) in [7, 11) is 0. The van der Waals surface area contributed by atoms with E-state index in [1.54, 1.807) is 0 Å². The molecule has 0 amide bonds. The van der Waals surface area contributed by atoms with E-state index >= 15 is 0 Å². The Morgan fingerprint density at radius 1 is 0.900 bits per heavy atom. The van der Waals surface area contributed by atoms with Crippen molar-refractivity contribution in [2.24, 2.45) is 0 Å². The average molecular weight is 280 g/mol. The van der Waals surface area contributed by atoms with Crippen molar-refractivity contribution in [3.05, 3.63) is 23.8 Å². The van der Waals surface area contributed by atoms with Gasteiger partial charge < -0.3 is 10.2 Å². The van der Waals surface area contributed by atoms with E-state index in [0.29, 0.717) is 6.42 Å². The van der Waals surface area contributed by atoms with Gasteiger partial charge in [0.05, 0.1) is 0 Å². The van der Waals surface area contributed by atoms with Crippen molar-refractivity contribution in [3.63, 3.8) is 0 Å². The normalized spacial score (nSPS) is 17.2. The Hall–Kier alpha value is -0.600. The number of rotatable bonds is 11. The Morgan fingerprint density at radius 2 is 1.45 bits per heavy atom. The van der Waals surface area contributed by atoms with Crippen molar-refractivity contribution in [3.8, 4) is 0 Å². The lowest BCUT2D eigenvalue weighted by molar-refractivity contribution is -0.115. The van der Waals surface area contributed by atoms with Gasteiger partial charge in [0.2, 0.25) is 0 Å². The minimum absolute atomic E-state index is 0.330. The molecular formula is C18H32O2. The Balaban J connectivity index is 1.88. The first-order valence-corrected chi connectivity index (χ1v) is 8.47. The molecule has 0 spiro atoms. The second-order valence-corrected chi connectivity index (χ2v) is 6.13. The molecule has 0 aromatic carbocycles. The molecule has 0 heterocycles. The molecule has 1 rings (SSSR count). The van der Waals surface area contributed by atoms with Crippen molar-refractivity contribution in [1.82, 2.24) is 0 Å². The van der Waals surface area contributed by atoms with Gasteiger partial charge in [0.25, 0.3) is 0 Å². The van der Waals surface area contributed by atoms with Crippen molar-refractivity contribution in [2.45, 2.75) is 89.8 Å². The fourth-order valence-electron chi connectivity index (χ4n) is 2.66. The molecule has 116 valence electrons. The Labute approximate surface area is 124 Å². The summed E-state index contributed by atoms with van der Waals surface area (Å²) in [5.41, 5.74) is 1.25. The third kappa shape index (κ3) is 8.55. The van der Waals surface area contributed by atoms with Crippen LogP contribution in [0.15, 0.2) is 23.8 Å². The first kappa shape index (κ1) is 17.5. The van der Waals surface area contributed by atoms with Gasteiger partial charge in [-0.3, -0.25) is 0 Å². The summed E-state index contributed by atoms with van der Waals surface area (Å²) in [5, 5.41) is 18.7. The molecule has 1 aliphatic rings. The van der Waals surface area contributed by atoms with Gasteiger partial charge in [0.15, 0.2) is 5.79 Å². The molecular weight excluding hydrogens is 248 g/mol. The summed E-state index contributed by atoms with van der Waals surface area (Å²) in [4.78, 5) is 0. The monoisotopic (exact) mass is 280 g/mol. The Bertz CT molecular complexity index is 303. The van der Waals surface area contributed by atoms with Gasteiger partial charge in [-0.15, -0.1) is 0 Å². The molecule has 0 aromatic heterocycles. The maximum atomic E-state index is 9.36. The second-order valence-electron chi connectivity index (χ2n) is 6.13. The lowest BCUT2D eigenvalue weighted by Crippen LogP contribution is -2.25. The molecule has 2 heteroatoms. The van der Waals surface area contributed by atoms with Crippen molar-refractivity contribution in [1.29, 1.82) is 0 Å². The van der Waals surface area contributed by atoms with Crippen molar-refractivity contribution < 1.29 is 10.2 Å². The molecule has 2 nitrogen and oxygen atoms in total. The van der Waals surface area contributed by atoms with Gasteiger partial charge in [-0.05, 0) is 18.9 Å². The van der Waals surface area contributed by atoms with Gasteiger partial charge in [-0.1, -0.05) is 82.4 Å². The fourth-order valence-corrected chi connectivity index (χ4v) is 2.66. The van der Waals surface area contributed by atoms with Gasteiger partial charge in [0.1, 0.15) is 0 Å². The Kier molecular flexibility index (Phi) is 8.88. The maximum absolute atomic E-state index is 9.36. The van der Waals surface area contributed by atoms with Crippen LogP contribution in [0.1, 0.15) is 84.0 Å². The van der Waals surface area contributed by atoms with E-state index in [0.717, 1.165) is 6.42 Å². The predicted octanol–water partition coefficient (Wildman–Crippen LogP) is 4.86. The number of allylic oxidation sites excluding steroid dienone is 2. The molecule has 0 atom stereocenters. The van der Waals surface area contributed by atoms with Crippen LogP contribution < -0.4 is 0 Å². The van der Waals surface area contributed by atoms with Gasteiger partial charge in [-0.2, -0.15) is 0 Å². The van der Waals surface area contributed by atoms with Crippen LogP contribution in [0.2, 0.25) is 0 Å². The third-order valence-corrected chi connectivity index (χ3v) is 4.05. The highest BCUT2D eigenvalue weighted by Gasteiger charge is 2.19. The zero-order valence-corrected chi connectivity index (χ0v) is 13.1. The van der Waals surface area contributed by atoms with E-state index in [2.05, 4.69) is 6.92 Å². The van der Waals surface area contributed by atoms with E-state index in [1.165, 1.54) is 75.9 Å².